The number of carbonyl (C=O) groups excluding carboxylic acids is 4. The van der Waals surface area contributed by atoms with Crippen molar-refractivity contribution in [3.63, 3.8) is 0 Å². The van der Waals surface area contributed by atoms with Crippen molar-refractivity contribution < 1.29 is 38.5 Å². The van der Waals surface area contributed by atoms with Crippen molar-refractivity contribution in [3.8, 4) is 0 Å². The standard InChI is InChI=1S/C40H48N4O8/c1-27-35(29-13-6-3-7-14-29)51-39(49)33-31(15-8-9-16-32(46)41-27)52-40-17-10-18-43(20-19-42-21-23-50-24-22-42)38(48)36(40)44(37(47)34(33)40)30(26-45)25-28-11-4-2-5-12-28/h2-8,10-15,17,27,30-31,33-36,45H,9,16,18-26H2,1H3,(H,41,46)/b15-8-/t27-,30-,31-,33+,34+,35+,36-,40+/m1/s1. The van der Waals surface area contributed by atoms with E-state index in [0.717, 1.165) is 18.7 Å². The molecule has 0 aliphatic carbocycles. The van der Waals surface area contributed by atoms with Crippen molar-refractivity contribution in [2.24, 2.45) is 11.8 Å². The predicted octanol–water partition coefficient (Wildman–Crippen LogP) is 2.04. The molecule has 12 heteroatoms. The number of hydrogen-bond acceptors (Lipinski definition) is 9. The fraction of sp³-hybridized carbons (Fsp3) is 0.500. The number of hydrogen-bond donors (Lipinski definition) is 2. The molecule has 2 aromatic rings. The fourth-order valence-electron chi connectivity index (χ4n) is 8.51. The molecule has 1 spiro atoms. The van der Waals surface area contributed by atoms with E-state index in [4.69, 9.17) is 14.2 Å². The quantitative estimate of drug-likeness (QED) is 0.311. The highest BCUT2D eigenvalue weighted by atomic mass is 16.6. The minimum Gasteiger partial charge on any atom is -0.455 e. The Morgan fingerprint density at radius 2 is 1.67 bits per heavy atom. The molecular weight excluding hydrogens is 664 g/mol. The number of cyclic esters (lactones) is 1. The number of nitrogens with zero attached hydrogens (tertiary/aromatic N) is 3. The second-order valence-corrected chi connectivity index (χ2v) is 14.3. The molecule has 0 saturated carbocycles. The summed E-state index contributed by atoms with van der Waals surface area (Å²) in [6, 6.07) is 16.3. The van der Waals surface area contributed by atoms with Crippen LogP contribution in [-0.2, 0) is 39.8 Å². The third-order valence-corrected chi connectivity index (χ3v) is 11.1. The van der Waals surface area contributed by atoms with E-state index in [1.54, 1.807) is 30.1 Å². The van der Waals surface area contributed by atoms with E-state index in [1.165, 1.54) is 4.90 Å². The van der Waals surface area contributed by atoms with Gasteiger partial charge in [-0.2, -0.15) is 0 Å². The highest BCUT2D eigenvalue weighted by Crippen LogP contribution is 2.54. The van der Waals surface area contributed by atoms with E-state index < -0.39 is 66.3 Å². The maximum Gasteiger partial charge on any atom is 0.313 e. The minimum atomic E-state index is -1.51. The first kappa shape index (κ1) is 36.0. The van der Waals surface area contributed by atoms with E-state index in [2.05, 4.69) is 10.2 Å². The third-order valence-electron chi connectivity index (χ3n) is 11.1. The Balaban J connectivity index is 1.28. The molecule has 52 heavy (non-hydrogen) atoms. The fourth-order valence-corrected chi connectivity index (χ4v) is 8.51. The van der Waals surface area contributed by atoms with Gasteiger partial charge in [-0.15, -0.1) is 0 Å². The number of carbonyl (C=O) groups is 4. The lowest BCUT2D eigenvalue weighted by Crippen LogP contribution is -2.59. The summed E-state index contributed by atoms with van der Waals surface area (Å²) in [6.45, 7) is 5.58. The molecule has 2 N–H and O–H groups in total. The molecule has 8 atom stereocenters. The lowest BCUT2D eigenvalue weighted by Gasteiger charge is -2.39. The first-order valence-corrected chi connectivity index (χ1v) is 18.4. The summed E-state index contributed by atoms with van der Waals surface area (Å²) in [5.41, 5.74) is 0.0877. The number of rotatable bonds is 8. The number of aliphatic hydroxyl groups is 1. The van der Waals surface area contributed by atoms with Gasteiger partial charge in [-0.3, -0.25) is 24.1 Å². The van der Waals surface area contributed by atoms with E-state index in [0.29, 0.717) is 51.3 Å². The van der Waals surface area contributed by atoms with Crippen molar-refractivity contribution in [1.82, 2.24) is 20.0 Å². The van der Waals surface area contributed by atoms with Crippen molar-refractivity contribution in [2.75, 3.05) is 52.5 Å². The zero-order chi connectivity index (χ0) is 36.2. The van der Waals surface area contributed by atoms with Gasteiger partial charge in [-0.25, -0.2) is 0 Å². The summed E-state index contributed by atoms with van der Waals surface area (Å²) >= 11 is 0. The van der Waals surface area contributed by atoms with Crippen molar-refractivity contribution >= 4 is 23.7 Å². The van der Waals surface area contributed by atoms with Crippen LogP contribution < -0.4 is 5.32 Å². The predicted molar refractivity (Wildman–Crippen MR) is 190 cm³/mol. The van der Waals surface area contributed by atoms with Crippen LogP contribution in [0.15, 0.2) is 85.0 Å². The largest absolute Gasteiger partial charge is 0.455 e. The van der Waals surface area contributed by atoms with Crippen LogP contribution in [0.4, 0.5) is 0 Å². The number of esters is 1. The van der Waals surface area contributed by atoms with Gasteiger partial charge in [0.15, 0.2) is 0 Å². The molecule has 0 unspecified atom stereocenters. The Bertz CT molecular complexity index is 1660. The van der Waals surface area contributed by atoms with Gasteiger partial charge in [0.25, 0.3) is 0 Å². The van der Waals surface area contributed by atoms with E-state index in [1.807, 2.05) is 66.7 Å². The summed E-state index contributed by atoms with van der Waals surface area (Å²) in [5, 5.41) is 13.9. The normalized spacial score (nSPS) is 32.4. The van der Waals surface area contributed by atoms with E-state index >= 15 is 4.79 Å². The van der Waals surface area contributed by atoms with Crippen LogP contribution in [0, 0.1) is 11.8 Å². The summed E-state index contributed by atoms with van der Waals surface area (Å²) in [4.78, 5) is 63.0. The van der Waals surface area contributed by atoms with Crippen LogP contribution in [0.2, 0.25) is 0 Å². The molecule has 276 valence electrons. The Kier molecular flexibility index (Phi) is 10.9. The smallest absolute Gasteiger partial charge is 0.313 e. The van der Waals surface area contributed by atoms with Gasteiger partial charge in [0.05, 0.1) is 43.9 Å². The molecule has 2 aromatic carbocycles. The molecule has 5 aliphatic rings. The SMILES string of the molecule is C[C@H]1NC(=O)CC/C=C\[C@H]2O[C@]34C=CCN(CCN5CCOCC5)C(=O)[C@H]3N([C@@H](CO)Cc3ccccc3)C(=O)[C@@H]4[C@H]2C(=O)O[C@@H]1c1ccccc1. The molecule has 0 bridgehead atoms. The number of likely N-dealkylation sites (tertiary alicyclic amines) is 1. The Morgan fingerprint density at radius 1 is 0.942 bits per heavy atom. The number of fused-ring (bicyclic) bond motifs is 2. The van der Waals surface area contributed by atoms with Crippen LogP contribution >= 0.6 is 0 Å². The molecule has 3 fully saturated rings. The number of allylic oxidation sites excluding steroid dienone is 1. The van der Waals surface area contributed by atoms with Gasteiger partial charge in [0.2, 0.25) is 17.7 Å². The number of amides is 3. The molecular formula is C40H48N4O8. The number of nitrogens with one attached hydrogen (secondary N) is 1. The Hall–Kier alpha value is -4.36. The van der Waals surface area contributed by atoms with Crippen LogP contribution in [0.25, 0.3) is 0 Å². The number of benzene rings is 2. The average Bonchev–Trinajstić information content (AvgIpc) is 3.56. The Labute approximate surface area is 304 Å². The minimum absolute atomic E-state index is 0.178. The van der Waals surface area contributed by atoms with Crippen molar-refractivity contribution in [3.05, 3.63) is 96.1 Å². The molecule has 12 nitrogen and oxygen atoms in total. The maximum atomic E-state index is 15.1. The monoisotopic (exact) mass is 712 g/mol. The molecule has 0 radical (unpaired) electrons. The Morgan fingerprint density at radius 3 is 2.40 bits per heavy atom. The van der Waals surface area contributed by atoms with Gasteiger partial charge >= 0.3 is 5.97 Å². The lowest BCUT2D eigenvalue weighted by molar-refractivity contribution is -0.162. The van der Waals surface area contributed by atoms with Crippen LogP contribution in [0.3, 0.4) is 0 Å². The lowest BCUT2D eigenvalue weighted by atomic mass is 9.77. The maximum absolute atomic E-state index is 15.1. The van der Waals surface area contributed by atoms with Gasteiger partial charge in [-0.1, -0.05) is 85.0 Å². The number of ether oxygens (including phenoxy) is 3. The van der Waals surface area contributed by atoms with E-state index in [-0.39, 0.29) is 18.2 Å². The molecule has 5 heterocycles. The zero-order valence-corrected chi connectivity index (χ0v) is 29.5. The molecule has 5 aliphatic heterocycles. The highest BCUT2D eigenvalue weighted by Gasteiger charge is 2.72. The summed E-state index contributed by atoms with van der Waals surface area (Å²) in [5.74, 6) is -3.76. The van der Waals surface area contributed by atoms with Crippen molar-refractivity contribution in [1.29, 1.82) is 0 Å². The average molecular weight is 713 g/mol. The number of aliphatic hydroxyl groups excluding tert-OH is 1. The summed E-state index contributed by atoms with van der Waals surface area (Å²) < 4.78 is 18.7. The topological polar surface area (TPSA) is 138 Å². The second kappa shape index (κ2) is 15.7. The van der Waals surface area contributed by atoms with Crippen LogP contribution in [-0.4, -0.2) is 126 Å². The highest BCUT2D eigenvalue weighted by molar-refractivity contribution is 5.99. The van der Waals surface area contributed by atoms with Gasteiger partial charge in [-0.05, 0) is 30.9 Å². The zero-order valence-electron chi connectivity index (χ0n) is 29.5. The molecule has 3 amide bonds. The van der Waals surface area contributed by atoms with Crippen molar-refractivity contribution in [2.45, 2.75) is 62.1 Å². The molecule has 7 rings (SSSR count). The summed E-state index contributed by atoms with van der Waals surface area (Å²) in [7, 11) is 0. The molecule has 3 saturated heterocycles. The first-order chi connectivity index (χ1) is 25.3. The third kappa shape index (κ3) is 7.04. The first-order valence-electron chi connectivity index (χ1n) is 18.4. The van der Waals surface area contributed by atoms with Gasteiger partial charge in [0, 0.05) is 39.1 Å². The summed E-state index contributed by atoms with van der Waals surface area (Å²) in [6.07, 6.45) is 6.37. The number of morpholine rings is 1. The van der Waals surface area contributed by atoms with E-state index in [9.17, 15) is 19.5 Å². The second-order valence-electron chi connectivity index (χ2n) is 14.3. The van der Waals surface area contributed by atoms with Crippen LogP contribution in [0.1, 0.15) is 37.0 Å². The molecule has 0 aromatic heterocycles. The van der Waals surface area contributed by atoms with Gasteiger partial charge < -0.3 is 34.4 Å². The van der Waals surface area contributed by atoms with Gasteiger partial charge in [0.1, 0.15) is 23.7 Å². The van der Waals surface area contributed by atoms with Crippen LogP contribution in [0.5, 0.6) is 0 Å².